The van der Waals surface area contributed by atoms with Gasteiger partial charge in [-0.25, -0.2) is 4.39 Å². The quantitative estimate of drug-likeness (QED) is 0.660. The number of nitrogens with two attached hydrogens (primary N) is 1. The van der Waals surface area contributed by atoms with Crippen LogP contribution in [0.15, 0.2) is 18.2 Å². The molecule has 0 radical (unpaired) electrons. The first-order valence-corrected chi connectivity index (χ1v) is 7.13. The van der Waals surface area contributed by atoms with Gasteiger partial charge in [-0.3, -0.25) is 0 Å². The van der Waals surface area contributed by atoms with Gasteiger partial charge >= 0.3 is 0 Å². The van der Waals surface area contributed by atoms with Crippen molar-refractivity contribution in [1.82, 2.24) is 4.90 Å². The summed E-state index contributed by atoms with van der Waals surface area (Å²) in [6.07, 6.45) is 3.57. The van der Waals surface area contributed by atoms with Gasteiger partial charge in [-0.05, 0) is 44.5 Å². The van der Waals surface area contributed by atoms with Crippen LogP contribution in [0.1, 0.15) is 24.8 Å². The predicted octanol–water partition coefficient (Wildman–Crippen LogP) is 2.00. The van der Waals surface area contributed by atoms with E-state index in [-0.39, 0.29) is 12.4 Å². The highest BCUT2D eigenvalue weighted by molar-refractivity contribution is 5.39. The van der Waals surface area contributed by atoms with E-state index in [0.717, 1.165) is 13.0 Å². The van der Waals surface area contributed by atoms with E-state index in [1.54, 1.807) is 12.1 Å². The highest BCUT2D eigenvalue weighted by Gasteiger charge is 2.10. The van der Waals surface area contributed by atoms with Gasteiger partial charge in [-0.15, -0.1) is 0 Å². The molecule has 0 aromatic heterocycles. The second-order valence-corrected chi connectivity index (χ2v) is 4.90. The Balaban J connectivity index is 1.76. The number of benzene rings is 1. The Kier molecular flexibility index (Phi) is 5.85. The topological polar surface area (TPSA) is 38.5 Å². The first-order valence-electron chi connectivity index (χ1n) is 7.13. The van der Waals surface area contributed by atoms with Gasteiger partial charge in [-0.2, -0.15) is 0 Å². The Hall–Kier alpha value is -1.57. The maximum atomic E-state index is 13.7. The standard InChI is InChI=1S/C16H21FN2O/c17-16-13-15(7-6-14(16)5-3-8-18)20-12-4-11-19-9-1-2-10-19/h6-7,13H,1-2,4,8-12,18H2. The Morgan fingerprint density at radius 1 is 1.30 bits per heavy atom. The van der Waals surface area contributed by atoms with Crippen LogP contribution in [-0.2, 0) is 0 Å². The van der Waals surface area contributed by atoms with Crippen molar-refractivity contribution in [1.29, 1.82) is 0 Å². The second kappa shape index (κ2) is 7.88. The third kappa shape index (κ3) is 4.52. The maximum Gasteiger partial charge on any atom is 0.142 e. The molecule has 4 heteroatoms. The molecule has 0 saturated carbocycles. The lowest BCUT2D eigenvalue weighted by molar-refractivity contribution is 0.262. The predicted molar refractivity (Wildman–Crippen MR) is 78.1 cm³/mol. The Labute approximate surface area is 119 Å². The van der Waals surface area contributed by atoms with Crippen LogP contribution in [0.2, 0.25) is 0 Å². The number of ether oxygens (including phenoxy) is 1. The molecule has 1 aromatic carbocycles. The van der Waals surface area contributed by atoms with E-state index in [1.165, 1.54) is 32.0 Å². The smallest absolute Gasteiger partial charge is 0.142 e. The first kappa shape index (κ1) is 14.8. The third-order valence-corrected chi connectivity index (χ3v) is 3.35. The van der Waals surface area contributed by atoms with E-state index in [2.05, 4.69) is 16.7 Å². The molecule has 0 amide bonds. The molecular formula is C16H21FN2O. The molecule has 0 atom stereocenters. The zero-order valence-electron chi connectivity index (χ0n) is 11.7. The van der Waals surface area contributed by atoms with Crippen molar-refractivity contribution in [2.75, 3.05) is 32.8 Å². The Morgan fingerprint density at radius 3 is 2.80 bits per heavy atom. The number of likely N-dealkylation sites (tertiary alicyclic amines) is 1. The summed E-state index contributed by atoms with van der Waals surface area (Å²) in [4.78, 5) is 2.44. The van der Waals surface area contributed by atoms with Crippen molar-refractivity contribution in [3.8, 4) is 17.6 Å². The number of hydrogen-bond donors (Lipinski definition) is 1. The monoisotopic (exact) mass is 276 g/mol. The minimum atomic E-state index is -0.358. The molecule has 0 bridgehead atoms. The van der Waals surface area contributed by atoms with Crippen LogP contribution in [0.3, 0.4) is 0 Å². The van der Waals surface area contributed by atoms with Crippen LogP contribution in [-0.4, -0.2) is 37.7 Å². The van der Waals surface area contributed by atoms with Crippen LogP contribution in [0.4, 0.5) is 4.39 Å². The van der Waals surface area contributed by atoms with E-state index in [9.17, 15) is 4.39 Å². The highest BCUT2D eigenvalue weighted by atomic mass is 19.1. The lowest BCUT2D eigenvalue weighted by Crippen LogP contribution is -2.21. The van der Waals surface area contributed by atoms with Gasteiger partial charge in [0.2, 0.25) is 0 Å². The fraction of sp³-hybridized carbons (Fsp3) is 0.500. The van der Waals surface area contributed by atoms with Crippen molar-refractivity contribution < 1.29 is 9.13 Å². The first-order chi connectivity index (χ1) is 9.79. The van der Waals surface area contributed by atoms with Gasteiger partial charge in [0.15, 0.2) is 0 Å². The van der Waals surface area contributed by atoms with E-state index >= 15 is 0 Å². The molecule has 1 aliphatic rings. The molecular weight excluding hydrogens is 255 g/mol. The minimum Gasteiger partial charge on any atom is -0.493 e. The van der Waals surface area contributed by atoms with Crippen LogP contribution in [0.25, 0.3) is 0 Å². The molecule has 0 spiro atoms. The largest absolute Gasteiger partial charge is 0.493 e. The normalized spacial score (nSPS) is 14.9. The molecule has 3 nitrogen and oxygen atoms in total. The average molecular weight is 276 g/mol. The number of rotatable bonds is 5. The van der Waals surface area contributed by atoms with Crippen molar-refractivity contribution >= 4 is 0 Å². The van der Waals surface area contributed by atoms with Gasteiger partial charge < -0.3 is 15.4 Å². The fourth-order valence-electron chi connectivity index (χ4n) is 2.32. The summed E-state index contributed by atoms with van der Waals surface area (Å²) in [5.41, 5.74) is 5.63. The zero-order valence-corrected chi connectivity index (χ0v) is 11.7. The van der Waals surface area contributed by atoms with E-state index < -0.39 is 0 Å². The molecule has 1 fully saturated rings. The lowest BCUT2D eigenvalue weighted by Gasteiger charge is -2.14. The second-order valence-electron chi connectivity index (χ2n) is 4.90. The Bertz CT molecular complexity index is 487. The maximum absolute atomic E-state index is 13.7. The van der Waals surface area contributed by atoms with Crippen molar-refractivity contribution in [2.24, 2.45) is 5.73 Å². The van der Waals surface area contributed by atoms with Crippen LogP contribution >= 0.6 is 0 Å². The summed E-state index contributed by atoms with van der Waals surface area (Å²) >= 11 is 0. The van der Waals surface area contributed by atoms with E-state index in [4.69, 9.17) is 10.5 Å². The summed E-state index contributed by atoms with van der Waals surface area (Å²) in [5, 5.41) is 0. The molecule has 0 aliphatic carbocycles. The van der Waals surface area contributed by atoms with Gasteiger partial charge in [0.05, 0.1) is 18.7 Å². The van der Waals surface area contributed by atoms with Crippen LogP contribution in [0, 0.1) is 17.7 Å². The molecule has 0 unspecified atom stereocenters. The molecule has 108 valence electrons. The zero-order chi connectivity index (χ0) is 14.2. The number of hydrogen-bond acceptors (Lipinski definition) is 3. The van der Waals surface area contributed by atoms with Gasteiger partial charge in [0.1, 0.15) is 11.6 Å². The third-order valence-electron chi connectivity index (χ3n) is 3.35. The molecule has 1 aromatic rings. The van der Waals surface area contributed by atoms with Crippen molar-refractivity contribution in [2.45, 2.75) is 19.3 Å². The summed E-state index contributed by atoms with van der Waals surface area (Å²) in [6.45, 7) is 4.30. The molecule has 2 rings (SSSR count). The molecule has 2 N–H and O–H groups in total. The average Bonchev–Trinajstić information content (AvgIpc) is 2.96. The van der Waals surface area contributed by atoms with Gasteiger partial charge in [0, 0.05) is 12.6 Å². The van der Waals surface area contributed by atoms with Crippen LogP contribution < -0.4 is 10.5 Å². The van der Waals surface area contributed by atoms with Crippen molar-refractivity contribution in [3.63, 3.8) is 0 Å². The molecule has 1 heterocycles. The van der Waals surface area contributed by atoms with Gasteiger partial charge in [0.25, 0.3) is 0 Å². The summed E-state index contributed by atoms with van der Waals surface area (Å²) in [5.74, 6) is 5.53. The van der Waals surface area contributed by atoms with Crippen LogP contribution in [0.5, 0.6) is 5.75 Å². The molecule has 1 saturated heterocycles. The lowest BCUT2D eigenvalue weighted by atomic mass is 10.2. The SMILES string of the molecule is NCC#Cc1ccc(OCCCN2CCCC2)cc1F. The Morgan fingerprint density at radius 2 is 2.10 bits per heavy atom. The van der Waals surface area contributed by atoms with Crippen molar-refractivity contribution in [3.05, 3.63) is 29.6 Å². The summed E-state index contributed by atoms with van der Waals surface area (Å²) in [6, 6.07) is 4.77. The molecule has 1 aliphatic heterocycles. The molecule has 20 heavy (non-hydrogen) atoms. The van der Waals surface area contributed by atoms with E-state index in [1.807, 2.05) is 0 Å². The summed E-state index contributed by atoms with van der Waals surface area (Å²) in [7, 11) is 0. The minimum absolute atomic E-state index is 0.230. The van der Waals surface area contributed by atoms with E-state index in [0.29, 0.717) is 17.9 Å². The van der Waals surface area contributed by atoms with Gasteiger partial charge in [-0.1, -0.05) is 11.8 Å². The fourth-order valence-corrected chi connectivity index (χ4v) is 2.32. The highest BCUT2D eigenvalue weighted by Crippen LogP contribution is 2.16. The summed E-state index contributed by atoms with van der Waals surface area (Å²) < 4.78 is 19.3. The number of halogens is 1. The number of nitrogens with zero attached hydrogens (tertiary/aromatic N) is 1.